The van der Waals surface area contributed by atoms with Crippen molar-refractivity contribution in [1.82, 2.24) is 0 Å². The Morgan fingerprint density at radius 2 is 2.00 bits per heavy atom. The molecular formula is C17H25NO2. The molecule has 1 heterocycles. The topological polar surface area (TPSA) is 44.5 Å². The van der Waals surface area contributed by atoms with E-state index in [0.29, 0.717) is 13.2 Å². The van der Waals surface area contributed by atoms with Gasteiger partial charge in [-0.2, -0.15) is 0 Å². The molecule has 0 bridgehead atoms. The summed E-state index contributed by atoms with van der Waals surface area (Å²) in [7, 11) is 0. The second-order valence-electron chi connectivity index (χ2n) is 6.13. The fourth-order valence-corrected chi connectivity index (χ4v) is 3.59. The van der Waals surface area contributed by atoms with Crippen LogP contribution in [-0.2, 0) is 11.2 Å². The molecule has 0 radical (unpaired) electrons. The molecule has 3 rings (SSSR count). The summed E-state index contributed by atoms with van der Waals surface area (Å²) in [5.74, 6) is 0.967. The molecule has 1 atom stereocenters. The highest BCUT2D eigenvalue weighted by Gasteiger charge is 2.42. The van der Waals surface area contributed by atoms with E-state index in [4.69, 9.17) is 15.2 Å². The van der Waals surface area contributed by atoms with Gasteiger partial charge >= 0.3 is 0 Å². The van der Waals surface area contributed by atoms with Gasteiger partial charge in [0.05, 0.1) is 11.7 Å². The molecule has 1 aromatic rings. The number of hydrogen-bond donors (Lipinski definition) is 1. The van der Waals surface area contributed by atoms with Crippen LogP contribution in [0.5, 0.6) is 5.75 Å². The molecule has 1 saturated heterocycles. The summed E-state index contributed by atoms with van der Waals surface area (Å²) >= 11 is 0. The Kier molecular flexibility index (Phi) is 4.27. The Hall–Kier alpha value is -1.06. The Bertz CT molecular complexity index is 440. The molecular weight excluding hydrogens is 250 g/mol. The first-order chi connectivity index (χ1) is 9.81. The van der Waals surface area contributed by atoms with Crippen molar-refractivity contribution in [3.8, 4) is 5.75 Å². The summed E-state index contributed by atoms with van der Waals surface area (Å²) in [6, 6.07) is 8.18. The van der Waals surface area contributed by atoms with Crippen LogP contribution in [0, 0.1) is 0 Å². The predicted molar refractivity (Wildman–Crippen MR) is 80.0 cm³/mol. The number of benzene rings is 1. The zero-order valence-corrected chi connectivity index (χ0v) is 12.1. The first kappa shape index (κ1) is 13.9. The maximum atomic E-state index is 6.28. The van der Waals surface area contributed by atoms with Gasteiger partial charge in [-0.15, -0.1) is 0 Å². The van der Waals surface area contributed by atoms with Crippen LogP contribution in [0.1, 0.15) is 44.1 Å². The van der Waals surface area contributed by atoms with Gasteiger partial charge in [0.25, 0.3) is 0 Å². The molecule has 3 nitrogen and oxygen atoms in total. The van der Waals surface area contributed by atoms with Gasteiger partial charge in [0.15, 0.2) is 0 Å². The van der Waals surface area contributed by atoms with Gasteiger partial charge in [-0.3, -0.25) is 0 Å². The maximum absolute atomic E-state index is 6.28. The Labute approximate surface area is 121 Å². The molecule has 0 aromatic heterocycles. The second-order valence-corrected chi connectivity index (χ2v) is 6.13. The lowest BCUT2D eigenvalue weighted by atomic mass is 9.98. The van der Waals surface area contributed by atoms with E-state index < -0.39 is 0 Å². The van der Waals surface area contributed by atoms with E-state index in [0.717, 1.165) is 18.6 Å². The highest BCUT2D eigenvalue weighted by atomic mass is 16.6. The van der Waals surface area contributed by atoms with Gasteiger partial charge in [0, 0.05) is 0 Å². The normalized spacial score (nSPS) is 24.4. The molecule has 2 fully saturated rings. The van der Waals surface area contributed by atoms with E-state index in [-0.39, 0.29) is 11.7 Å². The third-order valence-corrected chi connectivity index (χ3v) is 4.66. The second kappa shape index (κ2) is 6.15. The highest BCUT2D eigenvalue weighted by Crippen LogP contribution is 2.43. The maximum Gasteiger partial charge on any atom is 0.122 e. The van der Waals surface area contributed by atoms with Gasteiger partial charge < -0.3 is 15.2 Å². The van der Waals surface area contributed by atoms with E-state index in [1.165, 1.54) is 37.7 Å². The molecule has 1 saturated carbocycles. The van der Waals surface area contributed by atoms with Gasteiger partial charge in [-0.05, 0) is 50.3 Å². The number of nitrogens with two attached hydrogens (primary N) is 1. The molecule has 1 spiro atoms. The molecule has 0 amide bonds. The van der Waals surface area contributed by atoms with Crippen molar-refractivity contribution in [2.24, 2.45) is 5.73 Å². The smallest absolute Gasteiger partial charge is 0.122 e. The number of hydrogen-bond acceptors (Lipinski definition) is 3. The van der Waals surface area contributed by atoms with E-state index >= 15 is 0 Å². The summed E-state index contributed by atoms with van der Waals surface area (Å²) < 4.78 is 12.3. The van der Waals surface area contributed by atoms with Crippen LogP contribution in [0.15, 0.2) is 24.3 Å². The molecule has 2 aliphatic rings. The third-order valence-electron chi connectivity index (χ3n) is 4.66. The molecule has 3 heteroatoms. The molecule has 2 N–H and O–H groups in total. The quantitative estimate of drug-likeness (QED) is 0.898. The van der Waals surface area contributed by atoms with E-state index in [1.807, 2.05) is 18.2 Å². The Morgan fingerprint density at radius 3 is 2.80 bits per heavy atom. The molecule has 20 heavy (non-hydrogen) atoms. The van der Waals surface area contributed by atoms with Crippen molar-refractivity contribution < 1.29 is 9.47 Å². The van der Waals surface area contributed by atoms with Gasteiger partial charge in [-0.1, -0.05) is 31.0 Å². The van der Waals surface area contributed by atoms with Crippen molar-refractivity contribution in [2.75, 3.05) is 13.2 Å². The average Bonchev–Trinajstić information content (AvgIpc) is 3.09. The van der Waals surface area contributed by atoms with Crippen LogP contribution in [0.3, 0.4) is 0 Å². The molecule has 1 aliphatic heterocycles. The van der Waals surface area contributed by atoms with Crippen LogP contribution in [0.25, 0.3) is 0 Å². The van der Waals surface area contributed by atoms with Crippen molar-refractivity contribution in [2.45, 2.75) is 56.7 Å². The third kappa shape index (κ3) is 2.99. The summed E-state index contributed by atoms with van der Waals surface area (Å²) in [4.78, 5) is 0. The fraction of sp³-hybridized carbons (Fsp3) is 0.647. The lowest BCUT2D eigenvalue weighted by molar-refractivity contribution is -0.0509. The summed E-state index contributed by atoms with van der Waals surface area (Å²) in [5.41, 5.74) is 7.04. The van der Waals surface area contributed by atoms with Crippen molar-refractivity contribution in [3.63, 3.8) is 0 Å². The standard InChI is InChI=1S/C17H25NO2/c18-12-8-14-5-1-2-6-16(14)19-13-15-7-11-17(20-15)9-3-4-10-17/h1-2,5-6,15H,3-4,7-13,18H2. The largest absolute Gasteiger partial charge is 0.491 e. The summed E-state index contributed by atoms with van der Waals surface area (Å²) in [5, 5.41) is 0. The Balaban J connectivity index is 1.55. The first-order valence-corrected chi connectivity index (χ1v) is 7.90. The van der Waals surface area contributed by atoms with Crippen LogP contribution >= 0.6 is 0 Å². The SMILES string of the molecule is NCCc1ccccc1OCC1CCC2(CCCC2)O1. The van der Waals surface area contributed by atoms with Crippen LogP contribution in [0.2, 0.25) is 0 Å². The first-order valence-electron chi connectivity index (χ1n) is 7.90. The monoisotopic (exact) mass is 275 g/mol. The minimum absolute atomic E-state index is 0.199. The molecule has 1 aliphatic carbocycles. The van der Waals surface area contributed by atoms with Gasteiger partial charge in [0.1, 0.15) is 12.4 Å². The van der Waals surface area contributed by atoms with Crippen molar-refractivity contribution in [3.05, 3.63) is 29.8 Å². The summed E-state index contributed by atoms with van der Waals surface area (Å²) in [6.07, 6.45) is 8.62. The lowest BCUT2D eigenvalue weighted by Gasteiger charge is -2.24. The number of ether oxygens (including phenoxy) is 2. The molecule has 1 aromatic carbocycles. The van der Waals surface area contributed by atoms with Gasteiger partial charge in [-0.25, -0.2) is 0 Å². The van der Waals surface area contributed by atoms with Crippen LogP contribution < -0.4 is 10.5 Å². The summed E-state index contributed by atoms with van der Waals surface area (Å²) in [6.45, 7) is 1.33. The minimum Gasteiger partial charge on any atom is -0.491 e. The number of rotatable bonds is 5. The van der Waals surface area contributed by atoms with Crippen LogP contribution in [0.4, 0.5) is 0 Å². The predicted octanol–water partition coefficient (Wildman–Crippen LogP) is 3.06. The molecule has 1 unspecified atom stereocenters. The van der Waals surface area contributed by atoms with Crippen molar-refractivity contribution in [1.29, 1.82) is 0 Å². The van der Waals surface area contributed by atoms with E-state index in [1.54, 1.807) is 0 Å². The van der Waals surface area contributed by atoms with Gasteiger partial charge in [0.2, 0.25) is 0 Å². The van der Waals surface area contributed by atoms with Crippen molar-refractivity contribution >= 4 is 0 Å². The highest BCUT2D eigenvalue weighted by molar-refractivity contribution is 5.33. The lowest BCUT2D eigenvalue weighted by Crippen LogP contribution is -2.27. The average molecular weight is 275 g/mol. The Morgan fingerprint density at radius 1 is 1.20 bits per heavy atom. The zero-order valence-electron chi connectivity index (χ0n) is 12.1. The van der Waals surface area contributed by atoms with Crippen LogP contribution in [-0.4, -0.2) is 24.9 Å². The van der Waals surface area contributed by atoms with E-state index in [2.05, 4.69) is 6.07 Å². The zero-order chi connectivity index (χ0) is 13.8. The number of para-hydroxylation sites is 1. The molecule has 110 valence electrons. The fourth-order valence-electron chi connectivity index (χ4n) is 3.59. The van der Waals surface area contributed by atoms with E-state index in [9.17, 15) is 0 Å². The minimum atomic E-state index is 0.199.